The van der Waals surface area contributed by atoms with Gasteiger partial charge < -0.3 is 24.3 Å². The Morgan fingerprint density at radius 2 is 2.03 bits per heavy atom. The molecule has 0 radical (unpaired) electrons. The smallest absolute Gasteiger partial charge is 0.271 e. The summed E-state index contributed by atoms with van der Waals surface area (Å²) in [7, 11) is 3.55. The topological polar surface area (TPSA) is 68.6 Å². The zero-order valence-corrected chi connectivity index (χ0v) is 23.0. The molecule has 1 aromatic carbocycles. The van der Waals surface area contributed by atoms with E-state index in [1.54, 1.807) is 13.3 Å². The highest BCUT2D eigenvalue weighted by Gasteiger charge is 2.38. The molecule has 0 unspecified atom stereocenters. The lowest BCUT2D eigenvalue weighted by molar-refractivity contribution is 0.0335. The summed E-state index contributed by atoms with van der Waals surface area (Å²) in [5.74, 6) is 0.843. The van der Waals surface area contributed by atoms with Crippen molar-refractivity contribution in [2.75, 3.05) is 27.3 Å². The first kappa shape index (κ1) is 25.4. The molecule has 1 amide bonds. The molecule has 2 aliphatic heterocycles. The molecule has 2 aromatic heterocycles. The van der Waals surface area contributed by atoms with E-state index in [1.165, 1.54) is 5.56 Å². The van der Waals surface area contributed by atoms with E-state index in [1.807, 2.05) is 36.5 Å². The monoisotopic (exact) mass is 518 g/mol. The lowest BCUT2D eigenvalue weighted by Crippen LogP contribution is -2.49. The number of methoxy groups -OCH3 is 1. The molecule has 7 nitrogen and oxygen atoms in total. The molecule has 0 fully saturated rings. The molecular formula is C29H34N4O3S. The largest absolute Gasteiger partial charge is 0.496 e. The molecule has 3 aromatic rings. The fourth-order valence-corrected chi connectivity index (χ4v) is 5.81. The third kappa shape index (κ3) is 4.42. The number of carbonyl (C=O) groups is 1. The van der Waals surface area contributed by atoms with Crippen LogP contribution >= 0.6 is 12.6 Å². The van der Waals surface area contributed by atoms with Crippen molar-refractivity contribution in [1.82, 2.24) is 19.8 Å². The second-order valence-electron chi connectivity index (χ2n) is 10.4. The first-order valence-corrected chi connectivity index (χ1v) is 13.0. The lowest BCUT2D eigenvalue weighted by atomic mass is 9.91. The fraction of sp³-hybridized carbons (Fsp3) is 0.379. The number of nitrogens with one attached hydrogen (secondary N) is 1. The van der Waals surface area contributed by atoms with Gasteiger partial charge in [0.05, 0.1) is 26.0 Å². The Morgan fingerprint density at radius 1 is 1.22 bits per heavy atom. The van der Waals surface area contributed by atoms with Crippen molar-refractivity contribution < 1.29 is 14.3 Å². The van der Waals surface area contributed by atoms with Gasteiger partial charge in [-0.1, -0.05) is 6.07 Å². The quantitative estimate of drug-likeness (QED) is 0.476. The van der Waals surface area contributed by atoms with Crippen molar-refractivity contribution in [2.45, 2.75) is 45.9 Å². The summed E-state index contributed by atoms with van der Waals surface area (Å²) in [6, 6.07) is 8.24. The number of thiol groups is 1. The molecule has 1 N–H and O–H groups in total. The van der Waals surface area contributed by atoms with Crippen LogP contribution in [0.3, 0.4) is 0 Å². The van der Waals surface area contributed by atoms with E-state index in [9.17, 15) is 4.79 Å². The molecular weight excluding hydrogens is 484 g/mol. The van der Waals surface area contributed by atoms with E-state index in [0.717, 1.165) is 50.6 Å². The zero-order valence-electron chi connectivity index (χ0n) is 22.1. The number of amides is 1. The van der Waals surface area contributed by atoms with Crippen LogP contribution in [0.5, 0.6) is 5.75 Å². The molecule has 0 saturated carbocycles. The van der Waals surface area contributed by atoms with E-state index in [2.05, 4.69) is 47.8 Å². The first-order valence-electron chi connectivity index (χ1n) is 12.6. The Bertz CT molecular complexity index is 1370. The molecule has 0 saturated heterocycles. The van der Waals surface area contributed by atoms with Crippen LogP contribution in [0.15, 0.2) is 42.9 Å². The van der Waals surface area contributed by atoms with Gasteiger partial charge in [0.25, 0.3) is 5.91 Å². The molecule has 4 heterocycles. The Labute approximate surface area is 223 Å². The molecule has 2 aliphatic rings. The van der Waals surface area contributed by atoms with Crippen molar-refractivity contribution in [1.29, 1.82) is 0 Å². The molecule has 5 rings (SSSR count). The Hall–Kier alpha value is -3.23. The van der Waals surface area contributed by atoms with Gasteiger partial charge in [-0.3, -0.25) is 9.78 Å². The van der Waals surface area contributed by atoms with Crippen molar-refractivity contribution in [3.05, 3.63) is 65.2 Å². The summed E-state index contributed by atoms with van der Waals surface area (Å²) in [6.07, 6.45) is 6.26. The van der Waals surface area contributed by atoms with Gasteiger partial charge in [0, 0.05) is 77.0 Å². The fourth-order valence-electron chi connectivity index (χ4n) is 5.44. The third-order valence-electron chi connectivity index (χ3n) is 7.12. The Kier molecular flexibility index (Phi) is 6.81. The first-order chi connectivity index (χ1) is 17.8. The van der Waals surface area contributed by atoms with Crippen LogP contribution in [0.2, 0.25) is 0 Å². The second kappa shape index (κ2) is 9.91. The molecule has 0 spiro atoms. The zero-order chi connectivity index (χ0) is 26.3. The third-order valence-corrected chi connectivity index (χ3v) is 7.48. The number of aromatic nitrogens is 2. The number of ether oxygens (including phenoxy) is 2. The van der Waals surface area contributed by atoms with Gasteiger partial charge in [-0.25, -0.2) is 0 Å². The van der Waals surface area contributed by atoms with Gasteiger partial charge in [-0.05, 0) is 51.0 Å². The van der Waals surface area contributed by atoms with Crippen LogP contribution in [0.1, 0.15) is 48.0 Å². The van der Waals surface area contributed by atoms with E-state index in [-0.39, 0.29) is 11.4 Å². The summed E-state index contributed by atoms with van der Waals surface area (Å²) in [4.78, 5) is 21.2. The summed E-state index contributed by atoms with van der Waals surface area (Å²) in [5, 5.41) is 3.11. The summed E-state index contributed by atoms with van der Waals surface area (Å²) in [6.45, 7) is 8.29. The summed E-state index contributed by atoms with van der Waals surface area (Å²) < 4.78 is 14.1. The molecule has 0 bridgehead atoms. The minimum atomic E-state index is -0.335. The number of pyridine rings is 1. The van der Waals surface area contributed by atoms with E-state index in [4.69, 9.17) is 22.1 Å². The van der Waals surface area contributed by atoms with Gasteiger partial charge in [0.1, 0.15) is 11.4 Å². The predicted octanol–water partition coefficient (Wildman–Crippen LogP) is 5.00. The van der Waals surface area contributed by atoms with Gasteiger partial charge in [0.15, 0.2) is 0 Å². The van der Waals surface area contributed by atoms with E-state index < -0.39 is 0 Å². The predicted molar refractivity (Wildman–Crippen MR) is 150 cm³/mol. The van der Waals surface area contributed by atoms with E-state index in [0.29, 0.717) is 32.0 Å². The van der Waals surface area contributed by atoms with Crippen LogP contribution in [-0.4, -0.2) is 53.2 Å². The summed E-state index contributed by atoms with van der Waals surface area (Å²) >= 11 is 4.90. The highest BCUT2D eigenvalue weighted by atomic mass is 32.1. The number of rotatable bonds is 4. The Morgan fingerprint density at radius 3 is 2.70 bits per heavy atom. The maximum absolute atomic E-state index is 14.2. The molecule has 37 heavy (non-hydrogen) atoms. The summed E-state index contributed by atoms with van der Waals surface area (Å²) in [5.41, 5.74) is 7.34. The SMILES string of the molecule is CN/C=C(\S)c1c2c(n3c1-c1cc(-c4cccnc4)c(OC)cc1CC3)C(=O)N(C(C)(C)C)CCOC2. The van der Waals surface area contributed by atoms with E-state index >= 15 is 0 Å². The lowest BCUT2D eigenvalue weighted by Gasteiger charge is -2.37. The number of fused-ring (bicyclic) bond motifs is 5. The van der Waals surface area contributed by atoms with Crippen molar-refractivity contribution in [2.24, 2.45) is 0 Å². The number of aryl methyl sites for hydroxylation is 1. The number of benzene rings is 1. The van der Waals surface area contributed by atoms with Gasteiger partial charge >= 0.3 is 0 Å². The minimum absolute atomic E-state index is 0.0355. The highest BCUT2D eigenvalue weighted by Crippen LogP contribution is 2.46. The second-order valence-corrected chi connectivity index (χ2v) is 10.9. The van der Waals surface area contributed by atoms with Crippen LogP contribution in [0.4, 0.5) is 0 Å². The number of hydrogen-bond donors (Lipinski definition) is 2. The molecule has 0 aliphatic carbocycles. The van der Waals surface area contributed by atoms with Crippen LogP contribution in [0.25, 0.3) is 27.3 Å². The van der Waals surface area contributed by atoms with Crippen LogP contribution < -0.4 is 10.1 Å². The van der Waals surface area contributed by atoms with Gasteiger partial charge in [-0.15, -0.1) is 12.6 Å². The molecule has 8 heteroatoms. The number of carbonyl (C=O) groups excluding carboxylic acids is 1. The standard InChI is InChI=1S/C29H34N4O3S/c1-29(2,3)33-11-12-36-17-22-25(24(37)16-30-4)26-21-14-20(19-7-6-9-31-15-19)23(35-5)13-18(21)8-10-32(26)27(22)28(33)34/h6-7,9,13-16,30,37H,8,10-12,17H2,1-5H3/b24-16-. The average molecular weight is 519 g/mol. The normalized spacial score (nSPS) is 15.9. The van der Waals surface area contributed by atoms with Crippen LogP contribution in [0, 0.1) is 0 Å². The highest BCUT2D eigenvalue weighted by molar-refractivity contribution is 7.90. The van der Waals surface area contributed by atoms with Gasteiger partial charge in [-0.2, -0.15) is 0 Å². The minimum Gasteiger partial charge on any atom is -0.496 e. The number of hydrogen-bond acceptors (Lipinski definition) is 6. The average Bonchev–Trinajstić information content (AvgIpc) is 3.20. The number of nitrogens with zero attached hydrogens (tertiary/aromatic N) is 3. The Balaban J connectivity index is 1.82. The van der Waals surface area contributed by atoms with Crippen LogP contribution in [-0.2, 0) is 24.3 Å². The van der Waals surface area contributed by atoms with Gasteiger partial charge in [0.2, 0.25) is 0 Å². The van der Waals surface area contributed by atoms with Crippen molar-refractivity contribution in [3.63, 3.8) is 0 Å². The maximum Gasteiger partial charge on any atom is 0.271 e. The van der Waals surface area contributed by atoms with Crippen molar-refractivity contribution >= 4 is 23.4 Å². The van der Waals surface area contributed by atoms with Crippen molar-refractivity contribution in [3.8, 4) is 28.1 Å². The molecule has 0 atom stereocenters. The maximum atomic E-state index is 14.2. The molecule has 194 valence electrons.